The first-order valence-corrected chi connectivity index (χ1v) is 8.29. The Hall–Kier alpha value is -1.60. The fourth-order valence-electron chi connectivity index (χ4n) is 2.25. The largest absolute Gasteiger partial charge is 0.497 e. The van der Waals surface area contributed by atoms with Gasteiger partial charge in [0.1, 0.15) is 5.75 Å². The maximum absolute atomic E-state index is 12.3. The van der Waals surface area contributed by atoms with Gasteiger partial charge in [-0.25, -0.2) is 13.1 Å². The van der Waals surface area contributed by atoms with Gasteiger partial charge < -0.3 is 9.84 Å². The summed E-state index contributed by atoms with van der Waals surface area (Å²) in [6, 6.07) is 4.36. The first-order valence-electron chi connectivity index (χ1n) is 6.81. The molecule has 0 atom stereocenters. The van der Waals surface area contributed by atoms with Crippen molar-refractivity contribution in [2.45, 2.75) is 30.6 Å². The zero-order chi connectivity index (χ0) is 15.5. The summed E-state index contributed by atoms with van der Waals surface area (Å²) >= 11 is 0. The minimum Gasteiger partial charge on any atom is -0.497 e. The Morgan fingerprint density at radius 1 is 1.43 bits per heavy atom. The van der Waals surface area contributed by atoms with Gasteiger partial charge in [-0.1, -0.05) is 6.42 Å². The van der Waals surface area contributed by atoms with Gasteiger partial charge in [0, 0.05) is 6.54 Å². The number of carboxylic acids is 1. The Labute approximate surface area is 124 Å². The number of carbonyl (C=O) groups is 1. The molecule has 0 amide bonds. The molecule has 2 N–H and O–H groups in total. The van der Waals surface area contributed by atoms with Crippen LogP contribution in [0.5, 0.6) is 5.75 Å². The summed E-state index contributed by atoms with van der Waals surface area (Å²) in [6.07, 6.45) is 2.84. The summed E-state index contributed by atoms with van der Waals surface area (Å²) in [5.41, 5.74) is 0.225. The molecule has 1 aromatic rings. The van der Waals surface area contributed by atoms with Crippen LogP contribution in [-0.2, 0) is 21.2 Å². The second-order valence-electron chi connectivity index (χ2n) is 5.19. The molecular formula is C14H19NO5S. The molecule has 1 aliphatic carbocycles. The lowest BCUT2D eigenvalue weighted by Crippen LogP contribution is -2.32. The van der Waals surface area contributed by atoms with Crippen molar-refractivity contribution in [1.82, 2.24) is 4.72 Å². The van der Waals surface area contributed by atoms with E-state index in [1.54, 1.807) is 0 Å². The van der Waals surface area contributed by atoms with Crippen LogP contribution in [0.3, 0.4) is 0 Å². The molecule has 0 unspecified atom stereocenters. The van der Waals surface area contributed by atoms with Gasteiger partial charge in [0.05, 0.1) is 18.4 Å². The van der Waals surface area contributed by atoms with Crippen molar-refractivity contribution in [2.75, 3.05) is 13.7 Å². The number of hydrogen-bond donors (Lipinski definition) is 2. The number of benzene rings is 1. The fourth-order valence-corrected chi connectivity index (χ4v) is 3.58. The normalized spacial score (nSPS) is 15.5. The van der Waals surface area contributed by atoms with Crippen molar-refractivity contribution >= 4 is 16.0 Å². The molecule has 1 aliphatic rings. The number of carboxylic acid groups (broad SMARTS) is 1. The van der Waals surface area contributed by atoms with Gasteiger partial charge in [0.2, 0.25) is 10.0 Å². The number of methoxy groups -OCH3 is 1. The fraction of sp³-hybridized carbons (Fsp3) is 0.500. The first kappa shape index (κ1) is 15.8. The number of aliphatic carboxylic acids is 1. The van der Waals surface area contributed by atoms with Gasteiger partial charge in [-0.05, 0) is 42.5 Å². The van der Waals surface area contributed by atoms with Crippen molar-refractivity contribution in [3.63, 3.8) is 0 Å². The van der Waals surface area contributed by atoms with Crippen LogP contribution in [0.15, 0.2) is 23.1 Å². The Morgan fingerprint density at radius 3 is 2.67 bits per heavy atom. The second-order valence-corrected chi connectivity index (χ2v) is 6.93. The molecule has 0 aromatic heterocycles. The summed E-state index contributed by atoms with van der Waals surface area (Å²) in [5.74, 6) is -0.260. The molecule has 0 radical (unpaired) electrons. The summed E-state index contributed by atoms with van der Waals surface area (Å²) < 4.78 is 32.3. The summed E-state index contributed by atoms with van der Waals surface area (Å²) in [7, 11) is -2.25. The maximum Gasteiger partial charge on any atom is 0.307 e. The second kappa shape index (κ2) is 6.44. The van der Waals surface area contributed by atoms with E-state index in [1.165, 1.54) is 25.3 Å². The highest BCUT2D eigenvalue weighted by Gasteiger charge is 2.24. The van der Waals surface area contributed by atoms with Gasteiger partial charge in [-0.2, -0.15) is 0 Å². The van der Waals surface area contributed by atoms with Crippen molar-refractivity contribution in [3.8, 4) is 5.75 Å². The third kappa shape index (κ3) is 3.95. The number of sulfonamides is 1. The lowest BCUT2D eigenvalue weighted by atomic mass is 9.86. The Kier molecular flexibility index (Phi) is 4.84. The van der Waals surface area contributed by atoms with Crippen LogP contribution >= 0.6 is 0 Å². The molecule has 0 bridgehead atoms. The molecule has 116 valence electrons. The number of hydrogen-bond acceptors (Lipinski definition) is 4. The van der Waals surface area contributed by atoms with E-state index in [1.807, 2.05) is 0 Å². The van der Waals surface area contributed by atoms with Crippen LogP contribution in [0.25, 0.3) is 0 Å². The predicted octanol–water partition coefficient (Wildman–Crippen LogP) is 1.40. The molecule has 1 aromatic carbocycles. The van der Waals surface area contributed by atoms with Gasteiger partial charge in [0.15, 0.2) is 0 Å². The van der Waals surface area contributed by atoms with Crippen molar-refractivity contribution in [3.05, 3.63) is 23.8 Å². The summed E-state index contributed by atoms with van der Waals surface area (Å²) in [6.45, 7) is 0.404. The van der Waals surface area contributed by atoms with Gasteiger partial charge in [-0.3, -0.25) is 4.79 Å². The van der Waals surface area contributed by atoms with Crippen LogP contribution in [0.4, 0.5) is 0 Å². The van der Waals surface area contributed by atoms with E-state index < -0.39 is 16.0 Å². The molecule has 6 nitrogen and oxygen atoms in total. The van der Waals surface area contributed by atoms with Crippen LogP contribution in [0, 0.1) is 5.92 Å². The molecule has 21 heavy (non-hydrogen) atoms. The third-order valence-electron chi connectivity index (χ3n) is 3.69. The van der Waals surface area contributed by atoms with E-state index in [2.05, 4.69) is 4.72 Å². The maximum atomic E-state index is 12.3. The molecule has 1 saturated carbocycles. The average Bonchev–Trinajstić information content (AvgIpc) is 2.35. The molecule has 0 heterocycles. The lowest BCUT2D eigenvalue weighted by molar-refractivity contribution is -0.136. The van der Waals surface area contributed by atoms with E-state index in [0.717, 1.165) is 19.3 Å². The van der Waals surface area contributed by atoms with Crippen LogP contribution < -0.4 is 9.46 Å². The minimum atomic E-state index is -3.70. The lowest BCUT2D eigenvalue weighted by Gasteiger charge is -2.25. The van der Waals surface area contributed by atoms with E-state index in [0.29, 0.717) is 18.2 Å². The molecule has 0 aliphatic heterocycles. The predicted molar refractivity (Wildman–Crippen MR) is 76.9 cm³/mol. The number of rotatable bonds is 7. The Bertz CT molecular complexity index is 622. The van der Waals surface area contributed by atoms with Crippen LogP contribution in [-0.4, -0.2) is 33.1 Å². The van der Waals surface area contributed by atoms with E-state index in [9.17, 15) is 13.2 Å². The monoisotopic (exact) mass is 313 g/mol. The van der Waals surface area contributed by atoms with E-state index in [4.69, 9.17) is 9.84 Å². The van der Waals surface area contributed by atoms with Crippen LogP contribution in [0.1, 0.15) is 24.8 Å². The molecular weight excluding hydrogens is 294 g/mol. The van der Waals surface area contributed by atoms with Crippen molar-refractivity contribution in [2.24, 2.45) is 5.92 Å². The molecule has 0 spiro atoms. The van der Waals surface area contributed by atoms with Gasteiger partial charge >= 0.3 is 5.97 Å². The zero-order valence-electron chi connectivity index (χ0n) is 11.8. The number of nitrogens with one attached hydrogen (secondary N) is 1. The Balaban J connectivity index is 2.24. The van der Waals surface area contributed by atoms with Crippen LogP contribution in [0.2, 0.25) is 0 Å². The molecule has 0 saturated heterocycles. The topological polar surface area (TPSA) is 92.7 Å². The highest BCUT2D eigenvalue weighted by molar-refractivity contribution is 7.89. The van der Waals surface area contributed by atoms with Crippen molar-refractivity contribution < 1.29 is 23.1 Å². The quantitative estimate of drug-likeness (QED) is 0.794. The third-order valence-corrected chi connectivity index (χ3v) is 5.21. The molecule has 2 rings (SSSR count). The van der Waals surface area contributed by atoms with E-state index >= 15 is 0 Å². The molecule has 7 heteroatoms. The first-order chi connectivity index (χ1) is 9.92. The highest BCUT2D eigenvalue weighted by Crippen LogP contribution is 2.27. The minimum absolute atomic E-state index is 0.00465. The average molecular weight is 313 g/mol. The van der Waals surface area contributed by atoms with E-state index in [-0.39, 0.29) is 16.9 Å². The highest BCUT2D eigenvalue weighted by atomic mass is 32.2. The zero-order valence-corrected chi connectivity index (χ0v) is 12.6. The standard InChI is InChI=1S/C14H19NO5S/c1-20-12-5-6-13(11(7-12)8-14(16)17)21(18,19)15-9-10-3-2-4-10/h5-7,10,15H,2-4,8-9H2,1H3,(H,16,17). The van der Waals surface area contributed by atoms with Crippen molar-refractivity contribution in [1.29, 1.82) is 0 Å². The summed E-state index contributed by atoms with van der Waals surface area (Å²) in [4.78, 5) is 10.9. The smallest absolute Gasteiger partial charge is 0.307 e. The molecule has 1 fully saturated rings. The summed E-state index contributed by atoms with van der Waals surface area (Å²) in [5, 5.41) is 8.93. The van der Waals surface area contributed by atoms with Gasteiger partial charge in [0.25, 0.3) is 0 Å². The number of ether oxygens (including phenoxy) is 1. The SMILES string of the molecule is COc1ccc(S(=O)(=O)NCC2CCC2)c(CC(=O)O)c1. The van der Waals surface area contributed by atoms with Gasteiger partial charge in [-0.15, -0.1) is 0 Å². The Morgan fingerprint density at radius 2 is 2.14 bits per heavy atom.